The van der Waals surface area contributed by atoms with Crippen LogP contribution in [0.4, 0.5) is 0 Å². The maximum Gasteiger partial charge on any atom is 0.322 e. The van der Waals surface area contributed by atoms with Crippen LogP contribution in [-0.2, 0) is 19.1 Å². The summed E-state index contributed by atoms with van der Waals surface area (Å²) in [6, 6.07) is 0. The Morgan fingerprint density at radius 1 is 0.562 bits per heavy atom. The van der Waals surface area contributed by atoms with Gasteiger partial charge in [0.15, 0.2) is 0 Å². The van der Waals surface area contributed by atoms with Gasteiger partial charge in [0.1, 0.15) is 12.6 Å². The molecule has 2 N–H and O–H groups in total. The fourth-order valence-corrected chi connectivity index (χ4v) is 5.23. The summed E-state index contributed by atoms with van der Waals surface area (Å²) in [5.41, 5.74) is 0. The molecule has 1 atom stereocenters. The van der Waals surface area contributed by atoms with E-state index >= 15 is 0 Å². The Labute approximate surface area is 294 Å². The minimum atomic E-state index is -1.03. The van der Waals surface area contributed by atoms with Gasteiger partial charge in [0.25, 0.3) is 0 Å². The number of carboxylic acids is 1. The highest BCUT2D eigenvalue weighted by atomic mass is 16.5. The first-order valence-corrected chi connectivity index (χ1v) is 19.4. The van der Waals surface area contributed by atoms with E-state index < -0.39 is 5.97 Å². The lowest BCUT2D eigenvalue weighted by Crippen LogP contribution is -2.28. The van der Waals surface area contributed by atoms with Crippen molar-refractivity contribution >= 4 is 17.8 Å². The predicted octanol–water partition coefficient (Wildman–Crippen LogP) is 11.7. The van der Waals surface area contributed by atoms with Crippen molar-refractivity contribution in [2.45, 2.75) is 180 Å². The first kappa shape index (κ1) is 45.1. The maximum atomic E-state index is 12.7. The van der Waals surface area contributed by atoms with Crippen molar-refractivity contribution in [2.75, 3.05) is 6.54 Å². The molecule has 0 heterocycles. The molecule has 1 amide bonds. The molecule has 0 aromatic heterocycles. The average Bonchev–Trinajstić information content (AvgIpc) is 3.07. The third-order valence-corrected chi connectivity index (χ3v) is 8.15. The molecular formula is C42H71NO5. The number of ether oxygens (including phenoxy) is 1. The zero-order valence-electron chi connectivity index (χ0n) is 30.8. The second-order valence-electron chi connectivity index (χ2n) is 12.8. The Balaban J connectivity index is 4.34. The summed E-state index contributed by atoms with van der Waals surface area (Å²) in [6.45, 7) is 4.14. The van der Waals surface area contributed by atoms with Gasteiger partial charge in [-0.3, -0.25) is 14.4 Å². The first-order chi connectivity index (χ1) is 23.5. The van der Waals surface area contributed by atoms with Gasteiger partial charge >= 0.3 is 11.9 Å². The lowest BCUT2D eigenvalue weighted by molar-refractivity contribution is -0.147. The molecule has 6 heteroatoms. The molecule has 0 aliphatic carbocycles. The first-order valence-electron chi connectivity index (χ1n) is 19.4. The van der Waals surface area contributed by atoms with Crippen molar-refractivity contribution in [1.29, 1.82) is 0 Å². The van der Waals surface area contributed by atoms with E-state index in [-0.39, 0.29) is 24.5 Å². The smallest absolute Gasteiger partial charge is 0.322 e. The molecule has 48 heavy (non-hydrogen) atoms. The number of hydrogen-bond acceptors (Lipinski definition) is 4. The van der Waals surface area contributed by atoms with Crippen LogP contribution in [-0.4, -0.2) is 35.6 Å². The van der Waals surface area contributed by atoms with E-state index in [1.807, 2.05) is 6.08 Å². The predicted molar refractivity (Wildman–Crippen MR) is 203 cm³/mol. The third-order valence-electron chi connectivity index (χ3n) is 8.15. The van der Waals surface area contributed by atoms with Crippen LogP contribution in [0.1, 0.15) is 174 Å². The highest BCUT2D eigenvalue weighted by Crippen LogP contribution is 2.15. The number of carbonyl (C=O) groups excluding carboxylic acids is 2. The molecule has 0 aliphatic heterocycles. The van der Waals surface area contributed by atoms with Crippen molar-refractivity contribution in [1.82, 2.24) is 5.32 Å². The quantitative estimate of drug-likeness (QED) is 0.0404. The third kappa shape index (κ3) is 36.0. The molecule has 0 spiro atoms. The highest BCUT2D eigenvalue weighted by Gasteiger charge is 2.11. The standard InChI is InChI=1S/C42H71NO5/c1-3-5-7-9-11-13-15-16-17-18-20-22-24-29-33-37-42(47)48-39(34-30-26-23-21-19-14-12-10-8-6-4-2)35-31-27-25-28-32-36-40(44)43-38-41(45)46/h11-14,16-17,21,23,30,34,39H,3-10,15,18-20,22,24-29,31-33,35-38H2,1-2H3,(H,43,44)(H,45,46)/b13-11-,14-12-,17-16-,23-21-,34-30-. The number of nitrogens with one attached hydrogen (secondary N) is 1. The van der Waals surface area contributed by atoms with Gasteiger partial charge in [0, 0.05) is 12.8 Å². The summed E-state index contributed by atoms with van der Waals surface area (Å²) >= 11 is 0. The Kier molecular flexibility index (Phi) is 34.7. The van der Waals surface area contributed by atoms with Gasteiger partial charge in [-0.2, -0.15) is 0 Å². The minimum absolute atomic E-state index is 0.105. The molecule has 0 rings (SSSR count). The number of amides is 1. The number of hydrogen-bond donors (Lipinski definition) is 2. The summed E-state index contributed by atoms with van der Waals surface area (Å²) in [4.78, 5) is 34.9. The van der Waals surface area contributed by atoms with Gasteiger partial charge in [-0.15, -0.1) is 0 Å². The van der Waals surface area contributed by atoms with Crippen LogP contribution >= 0.6 is 0 Å². The van der Waals surface area contributed by atoms with Crippen LogP contribution in [0.5, 0.6) is 0 Å². The molecule has 0 aromatic carbocycles. The van der Waals surface area contributed by atoms with Gasteiger partial charge in [-0.25, -0.2) is 0 Å². The van der Waals surface area contributed by atoms with Crippen molar-refractivity contribution in [3.05, 3.63) is 60.8 Å². The SMILES string of the molecule is CCCCC/C=C\C/C=C\C/C=C\C(CCCCCCCC(=O)NCC(=O)O)OC(=O)CCCCCCC/C=C\C/C=C\CCCCC. The van der Waals surface area contributed by atoms with E-state index in [1.54, 1.807) is 0 Å². The van der Waals surface area contributed by atoms with Crippen LogP contribution < -0.4 is 5.32 Å². The lowest BCUT2D eigenvalue weighted by Gasteiger charge is -2.14. The molecule has 0 fully saturated rings. The summed E-state index contributed by atoms with van der Waals surface area (Å²) in [5.74, 6) is -1.35. The zero-order chi connectivity index (χ0) is 35.2. The molecule has 0 bridgehead atoms. The Hall–Kier alpha value is -2.89. The van der Waals surface area contributed by atoms with Crippen LogP contribution in [0, 0.1) is 0 Å². The fraction of sp³-hybridized carbons (Fsp3) is 0.690. The van der Waals surface area contributed by atoms with Crippen molar-refractivity contribution in [2.24, 2.45) is 0 Å². The van der Waals surface area contributed by atoms with E-state index in [1.165, 1.54) is 57.8 Å². The number of aliphatic carboxylic acids is 1. The number of carbonyl (C=O) groups is 3. The average molecular weight is 670 g/mol. The molecule has 0 aliphatic rings. The number of allylic oxidation sites excluding steroid dienone is 9. The Morgan fingerprint density at radius 3 is 1.58 bits per heavy atom. The summed E-state index contributed by atoms with van der Waals surface area (Å²) in [7, 11) is 0. The van der Waals surface area contributed by atoms with Gasteiger partial charge < -0.3 is 15.2 Å². The molecular weight excluding hydrogens is 598 g/mol. The van der Waals surface area contributed by atoms with E-state index in [9.17, 15) is 14.4 Å². The Bertz CT molecular complexity index is 917. The second-order valence-corrected chi connectivity index (χ2v) is 12.8. The summed E-state index contributed by atoms with van der Waals surface area (Å²) in [5, 5.41) is 11.0. The lowest BCUT2D eigenvalue weighted by atomic mass is 10.1. The van der Waals surface area contributed by atoms with Crippen LogP contribution in [0.25, 0.3) is 0 Å². The molecule has 1 unspecified atom stereocenters. The molecule has 0 saturated heterocycles. The van der Waals surface area contributed by atoms with Crippen molar-refractivity contribution in [3.63, 3.8) is 0 Å². The summed E-state index contributed by atoms with van der Waals surface area (Å²) < 4.78 is 5.89. The van der Waals surface area contributed by atoms with E-state index in [4.69, 9.17) is 9.84 Å². The van der Waals surface area contributed by atoms with E-state index in [0.29, 0.717) is 12.8 Å². The van der Waals surface area contributed by atoms with Crippen molar-refractivity contribution in [3.8, 4) is 0 Å². The van der Waals surface area contributed by atoms with Crippen molar-refractivity contribution < 1.29 is 24.2 Å². The van der Waals surface area contributed by atoms with Crippen LogP contribution in [0.15, 0.2) is 60.8 Å². The number of esters is 1. The maximum absolute atomic E-state index is 12.7. The number of carboxylic acid groups (broad SMARTS) is 1. The Morgan fingerprint density at radius 2 is 1.02 bits per heavy atom. The number of unbranched alkanes of at least 4 members (excludes halogenated alkanes) is 15. The zero-order valence-corrected chi connectivity index (χ0v) is 30.8. The molecule has 0 radical (unpaired) electrons. The normalized spacial score (nSPS) is 12.7. The summed E-state index contributed by atoms with van der Waals surface area (Å²) in [6.07, 6.45) is 47.7. The second kappa shape index (κ2) is 36.9. The van der Waals surface area contributed by atoms with Gasteiger partial charge in [-0.1, -0.05) is 133 Å². The fourth-order valence-electron chi connectivity index (χ4n) is 5.23. The van der Waals surface area contributed by atoms with Crippen LogP contribution in [0.3, 0.4) is 0 Å². The molecule has 274 valence electrons. The van der Waals surface area contributed by atoms with Gasteiger partial charge in [0.2, 0.25) is 5.91 Å². The van der Waals surface area contributed by atoms with Gasteiger partial charge in [-0.05, 0) is 89.5 Å². The van der Waals surface area contributed by atoms with E-state index in [0.717, 1.165) is 89.9 Å². The highest BCUT2D eigenvalue weighted by molar-refractivity contribution is 5.80. The van der Waals surface area contributed by atoms with Gasteiger partial charge in [0.05, 0.1) is 0 Å². The van der Waals surface area contributed by atoms with Crippen LogP contribution in [0.2, 0.25) is 0 Å². The molecule has 6 nitrogen and oxygen atoms in total. The molecule has 0 saturated carbocycles. The minimum Gasteiger partial charge on any atom is -0.480 e. The largest absolute Gasteiger partial charge is 0.480 e. The number of rotatable bonds is 34. The molecule has 0 aromatic rings. The topological polar surface area (TPSA) is 92.7 Å². The monoisotopic (exact) mass is 670 g/mol. The van der Waals surface area contributed by atoms with E-state index in [2.05, 4.69) is 73.8 Å².